The summed E-state index contributed by atoms with van der Waals surface area (Å²) in [5.74, 6) is 3.39. The fourth-order valence-corrected chi connectivity index (χ4v) is 13.9. The maximum Gasteiger partial charge on any atom is 0.240 e. The number of nitrogens with zero attached hydrogens (tertiary/aromatic N) is 3. The van der Waals surface area contributed by atoms with Crippen LogP contribution in [0.1, 0.15) is 105 Å². The number of likely N-dealkylation sites (tertiary alicyclic amines) is 1. The van der Waals surface area contributed by atoms with Crippen molar-refractivity contribution in [3.8, 4) is 0 Å². The first-order chi connectivity index (χ1) is 26.2. The minimum absolute atomic E-state index is 0.0243. The molecule has 4 N–H and O–H groups in total. The average molecular weight is 772 g/mol. The minimum atomic E-state index is -0.821. The summed E-state index contributed by atoms with van der Waals surface area (Å²) in [6.45, 7) is 10.9. The number of carbonyl (C=O) groups is 2. The van der Waals surface area contributed by atoms with Crippen LogP contribution in [0, 0.1) is 64.6 Å². The maximum absolute atomic E-state index is 14.4. The molecule has 55 heavy (non-hydrogen) atoms. The number of likely N-dealkylation sites (N-methyl/N-ethyl adjacent to an activating group) is 1. The number of fused-ring (bicyclic) bond motifs is 3. The molecule has 2 aliphatic heterocycles. The van der Waals surface area contributed by atoms with Gasteiger partial charge in [0.15, 0.2) is 0 Å². The molecule has 8 rings (SSSR count). The summed E-state index contributed by atoms with van der Waals surface area (Å²) in [6, 6.07) is 0.174. The number of aliphatic hydroxyl groups excluding tert-OH is 2. The third kappa shape index (κ3) is 8.16. The quantitative estimate of drug-likeness (QED) is 0.232. The van der Waals surface area contributed by atoms with Gasteiger partial charge in [-0.05, 0) is 133 Å². The van der Waals surface area contributed by atoms with Crippen molar-refractivity contribution < 1.29 is 29.4 Å². The van der Waals surface area contributed by atoms with E-state index in [-0.39, 0.29) is 42.4 Å². The molecule has 0 spiro atoms. The predicted octanol–water partition coefficient (Wildman–Crippen LogP) is 4.16. The van der Waals surface area contributed by atoms with Gasteiger partial charge in [-0.15, -0.1) is 0 Å². The SMILES string of the molecule is COC1C(CN2O[C@@H](CO)[C@@H]([C@H](C)O)[C@H]2C(=O)N[C@H]2C[C@H]3C[C@@H]([C@@H]2C)C3(C)C)CCCC1C1CC(C(=O)NCC2C3CCCCC3CN2C)CC(N(C)C)C1. The molecule has 9 unspecified atom stereocenters. The molecule has 2 bridgehead atoms. The molecule has 0 aromatic carbocycles. The van der Waals surface area contributed by atoms with Crippen LogP contribution in [-0.4, -0.2) is 134 Å². The zero-order valence-corrected chi connectivity index (χ0v) is 35.5. The first-order valence-corrected chi connectivity index (χ1v) is 22.4. The van der Waals surface area contributed by atoms with Gasteiger partial charge in [-0.1, -0.05) is 40.0 Å². The van der Waals surface area contributed by atoms with E-state index in [1.807, 2.05) is 12.2 Å². The Balaban J connectivity index is 1.03. The number of methoxy groups -OCH3 is 1. The van der Waals surface area contributed by atoms with E-state index in [9.17, 15) is 19.8 Å². The second-order valence-corrected chi connectivity index (χ2v) is 20.6. The highest BCUT2D eigenvalue weighted by molar-refractivity contribution is 5.83. The second kappa shape index (κ2) is 17.1. The number of amides is 2. The summed E-state index contributed by atoms with van der Waals surface area (Å²) in [5, 5.41) is 30.2. The van der Waals surface area contributed by atoms with E-state index in [1.165, 1.54) is 32.1 Å². The molecule has 0 aromatic heterocycles. The monoisotopic (exact) mass is 772 g/mol. The van der Waals surface area contributed by atoms with Gasteiger partial charge in [-0.2, -0.15) is 5.06 Å². The average Bonchev–Trinajstić information content (AvgIpc) is 3.70. The highest BCUT2D eigenvalue weighted by Crippen LogP contribution is 2.61. The van der Waals surface area contributed by atoms with Crippen LogP contribution >= 0.6 is 0 Å². The smallest absolute Gasteiger partial charge is 0.240 e. The molecule has 2 saturated heterocycles. The largest absolute Gasteiger partial charge is 0.394 e. The van der Waals surface area contributed by atoms with Crippen LogP contribution in [0.25, 0.3) is 0 Å². The molecule has 2 amide bonds. The molecule has 2 heterocycles. The number of rotatable bonds is 12. The van der Waals surface area contributed by atoms with Crippen molar-refractivity contribution in [2.24, 2.45) is 64.6 Å². The molecular formula is C44H77N5O6. The topological polar surface area (TPSA) is 127 Å². The molecule has 6 saturated carbocycles. The van der Waals surface area contributed by atoms with Crippen LogP contribution in [0.3, 0.4) is 0 Å². The summed E-state index contributed by atoms with van der Waals surface area (Å²) in [6.07, 6.45) is 11.9. The fourth-order valence-electron chi connectivity index (χ4n) is 13.9. The highest BCUT2D eigenvalue weighted by atomic mass is 16.7. The van der Waals surface area contributed by atoms with Gasteiger partial charge in [0.2, 0.25) is 11.8 Å². The lowest BCUT2D eigenvalue weighted by atomic mass is 9.45. The molecule has 8 aliphatic rings. The summed E-state index contributed by atoms with van der Waals surface area (Å²) in [5.41, 5.74) is 0.319. The van der Waals surface area contributed by atoms with Gasteiger partial charge in [0, 0.05) is 62.6 Å². The van der Waals surface area contributed by atoms with Crippen molar-refractivity contribution in [1.82, 2.24) is 25.5 Å². The molecule has 8 fully saturated rings. The number of ether oxygens (including phenoxy) is 1. The van der Waals surface area contributed by atoms with Crippen molar-refractivity contribution >= 4 is 11.8 Å². The minimum Gasteiger partial charge on any atom is -0.394 e. The Morgan fingerprint density at radius 2 is 1.73 bits per heavy atom. The number of aliphatic hydroxyl groups is 2. The Hall–Kier alpha value is -1.34. The Morgan fingerprint density at radius 3 is 2.40 bits per heavy atom. The first kappa shape index (κ1) is 41.8. The van der Waals surface area contributed by atoms with E-state index < -0.39 is 24.2 Å². The van der Waals surface area contributed by atoms with Gasteiger partial charge in [-0.25, -0.2) is 0 Å². The van der Waals surface area contributed by atoms with E-state index in [2.05, 4.69) is 62.3 Å². The van der Waals surface area contributed by atoms with E-state index >= 15 is 0 Å². The molecule has 0 radical (unpaired) electrons. The van der Waals surface area contributed by atoms with Crippen molar-refractivity contribution in [1.29, 1.82) is 0 Å². The molecule has 314 valence electrons. The van der Waals surface area contributed by atoms with Crippen LogP contribution in [0.4, 0.5) is 0 Å². The number of hydrogen-bond acceptors (Lipinski definition) is 9. The molecule has 0 aromatic rings. The van der Waals surface area contributed by atoms with Gasteiger partial charge >= 0.3 is 0 Å². The normalized spacial score (nSPS) is 45.1. The van der Waals surface area contributed by atoms with Gasteiger partial charge in [0.05, 0.1) is 18.8 Å². The number of nitrogens with one attached hydrogen (secondary N) is 2. The third-order valence-electron chi connectivity index (χ3n) is 17.2. The number of hydroxylamine groups is 2. The lowest BCUT2D eigenvalue weighted by Gasteiger charge is -2.62. The van der Waals surface area contributed by atoms with Crippen molar-refractivity contribution in [3.63, 3.8) is 0 Å². The standard InChI is InChI=1S/C44H77N5O6/c1-25-35-19-31(44(35,3)4)20-36(25)46-43(53)40-39(26(2)51)38(24-50)55-49(40)23-28-13-11-15-34(41(28)54-8)29-16-30(18-32(17-29)47(5)6)42(52)45-21-37-33-14-10-9-12-27(33)22-48(37)7/h25-41,50-51H,9-24H2,1-8H3,(H,45,52)(H,46,53)/t25-,26-,27?,28?,29?,30?,31+,32?,33?,34?,35-,36-,37?,38-,39+,40-,41?/m0/s1. The second-order valence-electron chi connectivity index (χ2n) is 20.6. The van der Waals surface area contributed by atoms with Crippen LogP contribution in [-0.2, 0) is 19.2 Å². The molecule has 11 nitrogen and oxygen atoms in total. The Labute approximate surface area is 332 Å². The lowest BCUT2D eigenvalue weighted by molar-refractivity contribution is -0.193. The van der Waals surface area contributed by atoms with Gasteiger partial charge in [-0.3, -0.25) is 14.4 Å². The van der Waals surface area contributed by atoms with Gasteiger partial charge < -0.3 is 35.4 Å². The van der Waals surface area contributed by atoms with Crippen LogP contribution in [0.5, 0.6) is 0 Å². The Morgan fingerprint density at radius 1 is 0.982 bits per heavy atom. The molecular weight excluding hydrogens is 695 g/mol. The van der Waals surface area contributed by atoms with Gasteiger partial charge in [0.25, 0.3) is 0 Å². The molecule has 17 atom stereocenters. The van der Waals surface area contributed by atoms with E-state index in [4.69, 9.17) is 9.57 Å². The zero-order chi connectivity index (χ0) is 39.3. The number of carbonyl (C=O) groups excluding carboxylic acids is 2. The third-order valence-corrected chi connectivity index (χ3v) is 17.2. The molecule has 6 aliphatic carbocycles. The first-order valence-electron chi connectivity index (χ1n) is 22.4. The van der Waals surface area contributed by atoms with Crippen molar-refractivity contribution in [2.75, 3.05) is 54.5 Å². The highest BCUT2D eigenvalue weighted by Gasteiger charge is 2.58. The maximum atomic E-state index is 14.4. The van der Waals surface area contributed by atoms with E-state index in [0.717, 1.165) is 64.0 Å². The Kier molecular flexibility index (Phi) is 13.0. The molecule has 11 heteroatoms. The van der Waals surface area contributed by atoms with Crippen molar-refractivity contribution in [3.05, 3.63) is 0 Å². The number of hydrogen-bond donors (Lipinski definition) is 4. The fraction of sp³-hybridized carbons (Fsp3) is 0.955. The van der Waals surface area contributed by atoms with E-state index in [1.54, 1.807) is 6.92 Å². The predicted molar refractivity (Wildman–Crippen MR) is 214 cm³/mol. The zero-order valence-electron chi connectivity index (χ0n) is 35.5. The van der Waals surface area contributed by atoms with Crippen LogP contribution in [0.15, 0.2) is 0 Å². The summed E-state index contributed by atoms with van der Waals surface area (Å²) in [7, 11) is 8.37. The van der Waals surface area contributed by atoms with Crippen molar-refractivity contribution in [2.45, 2.75) is 147 Å². The van der Waals surface area contributed by atoms with Gasteiger partial charge in [0.1, 0.15) is 12.1 Å². The van der Waals surface area contributed by atoms with Crippen LogP contribution < -0.4 is 10.6 Å². The summed E-state index contributed by atoms with van der Waals surface area (Å²) < 4.78 is 6.44. The van der Waals surface area contributed by atoms with Crippen LogP contribution in [0.2, 0.25) is 0 Å². The Bertz CT molecular complexity index is 1330. The van der Waals surface area contributed by atoms with E-state index in [0.29, 0.717) is 59.6 Å². The summed E-state index contributed by atoms with van der Waals surface area (Å²) >= 11 is 0. The lowest BCUT2D eigenvalue weighted by Crippen LogP contribution is -2.62. The summed E-state index contributed by atoms with van der Waals surface area (Å²) in [4.78, 5) is 39.6.